The van der Waals surface area contributed by atoms with E-state index in [4.69, 9.17) is 5.73 Å². The van der Waals surface area contributed by atoms with Gasteiger partial charge in [-0.3, -0.25) is 9.69 Å². The van der Waals surface area contributed by atoms with Gasteiger partial charge in [0.05, 0.1) is 5.92 Å². The van der Waals surface area contributed by atoms with E-state index in [1.165, 1.54) is 11.5 Å². The smallest absolute Gasteiger partial charge is 0.224 e. The van der Waals surface area contributed by atoms with E-state index in [2.05, 4.69) is 10.2 Å². The first-order valence-corrected chi connectivity index (χ1v) is 8.72. The van der Waals surface area contributed by atoms with Gasteiger partial charge in [-0.15, -0.1) is 24.8 Å². The summed E-state index contributed by atoms with van der Waals surface area (Å²) in [6, 6.07) is 9.55. The molecule has 3 N–H and O–H groups in total. The van der Waals surface area contributed by atoms with E-state index in [1.54, 1.807) is 0 Å². The van der Waals surface area contributed by atoms with Crippen molar-refractivity contribution in [3.8, 4) is 0 Å². The third-order valence-corrected chi connectivity index (χ3v) is 4.91. The average molecular weight is 380 g/mol. The fraction of sp³-hybridized carbons (Fsp3) is 0.562. The van der Waals surface area contributed by atoms with Crippen molar-refractivity contribution < 1.29 is 4.79 Å². The van der Waals surface area contributed by atoms with Crippen LogP contribution in [0, 0.1) is 5.92 Å². The van der Waals surface area contributed by atoms with Gasteiger partial charge < -0.3 is 11.1 Å². The highest BCUT2D eigenvalue weighted by Crippen LogP contribution is 2.18. The molecule has 132 valence electrons. The van der Waals surface area contributed by atoms with E-state index in [-0.39, 0.29) is 42.7 Å². The number of thioether (sulfide) groups is 1. The van der Waals surface area contributed by atoms with Crippen LogP contribution in [0.2, 0.25) is 0 Å². The summed E-state index contributed by atoms with van der Waals surface area (Å²) in [6.07, 6.45) is 0. The molecule has 0 spiro atoms. The highest BCUT2D eigenvalue weighted by Gasteiger charge is 2.21. The molecular weight excluding hydrogens is 353 g/mol. The Kier molecular flexibility index (Phi) is 11.7. The van der Waals surface area contributed by atoms with Gasteiger partial charge in [0.1, 0.15) is 0 Å². The number of nitrogens with two attached hydrogens (primary N) is 1. The topological polar surface area (TPSA) is 58.4 Å². The zero-order valence-corrected chi connectivity index (χ0v) is 15.9. The maximum Gasteiger partial charge on any atom is 0.224 e. The number of nitrogens with one attached hydrogen (secondary N) is 1. The van der Waals surface area contributed by atoms with Crippen LogP contribution in [0.5, 0.6) is 0 Å². The molecule has 1 heterocycles. The number of amides is 1. The summed E-state index contributed by atoms with van der Waals surface area (Å²) in [4.78, 5) is 14.6. The zero-order chi connectivity index (χ0) is 15.1. The molecule has 0 radical (unpaired) electrons. The lowest BCUT2D eigenvalue weighted by molar-refractivity contribution is -0.125. The Hall–Kier alpha value is -0.460. The molecule has 0 bridgehead atoms. The Morgan fingerprint density at radius 1 is 1.26 bits per heavy atom. The average Bonchev–Trinajstić information content (AvgIpc) is 2.55. The molecule has 1 saturated heterocycles. The van der Waals surface area contributed by atoms with Crippen LogP contribution in [0.3, 0.4) is 0 Å². The first-order chi connectivity index (χ1) is 10.2. The van der Waals surface area contributed by atoms with E-state index in [0.29, 0.717) is 6.54 Å². The van der Waals surface area contributed by atoms with Crippen LogP contribution < -0.4 is 11.1 Å². The standard InChI is InChI=1S/C16H25N3OS.2ClH/c1-13(15(17)14-5-3-2-4-6-14)16(20)18-7-8-19-9-11-21-12-10-19;;/h2-6,13,15H,7-12,17H2,1H3,(H,18,20);2*1H. The molecule has 1 aliphatic heterocycles. The predicted octanol–water partition coefficient (Wildman–Crippen LogP) is 2.33. The first kappa shape index (κ1) is 22.5. The molecule has 0 aliphatic carbocycles. The van der Waals surface area contributed by atoms with Gasteiger partial charge in [0.15, 0.2) is 0 Å². The molecule has 1 fully saturated rings. The van der Waals surface area contributed by atoms with Gasteiger partial charge in [0.25, 0.3) is 0 Å². The maximum absolute atomic E-state index is 12.2. The van der Waals surface area contributed by atoms with E-state index in [0.717, 1.165) is 25.2 Å². The number of hydrogen-bond donors (Lipinski definition) is 2. The number of carbonyl (C=O) groups excluding carboxylic acids is 1. The Morgan fingerprint density at radius 3 is 2.48 bits per heavy atom. The van der Waals surface area contributed by atoms with Gasteiger partial charge >= 0.3 is 0 Å². The monoisotopic (exact) mass is 379 g/mol. The second-order valence-corrected chi connectivity index (χ2v) is 6.69. The van der Waals surface area contributed by atoms with Gasteiger partial charge in [-0.1, -0.05) is 37.3 Å². The molecule has 23 heavy (non-hydrogen) atoms. The third-order valence-electron chi connectivity index (χ3n) is 3.97. The molecule has 7 heteroatoms. The highest BCUT2D eigenvalue weighted by atomic mass is 35.5. The molecule has 4 nitrogen and oxygen atoms in total. The molecule has 1 aliphatic rings. The highest BCUT2D eigenvalue weighted by molar-refractivity contribution is 7.99. The zero-order valence-electron chi connectivity index (χ0n) is 13.4. The summed E-state index contributed by atoms with van der Waals surface area (Å²) < 4.78 is 0. The van der Waals surface area contributed by atoms with Crippen molar-refractivity contribution in [2.24, 2.45) is 11.7 Å². The van der Waals surface area contributed by atoms with Crippen LogP contribution in [0.25, 0.3) is 0 Å². The van der Waals surface area contributed by atoms with E-state index in [9.17, 15) is 4.79 Å². The Balaban J connectivity index is 0.00000242. The van der Waals surface area contributed by atoms with Crippen LogP contribution in [0.1, 0.15) is 18.5 Å². The normalized spacial score (nSPS) is 17.3. The number of halogens is 2. The van der Waals surface area contributed by atoms with Crippen molar-refractivity contribution in [3.05, 3.63) is 35.9 Å². The fourth-order valence-electron chi connectivity index (χ4n) is 2.45. The number of benzene rings is 1. The van der Waals surface area contributed by atoms with Crippen LogP contribution in [0.4, 0.5) is 0 Å². The maximum atomic E-state index is 12.2. The summed E-state index contributed by atoms with van der Waals surface area (Å²) in [6.45, 7) is 5.78. The van der Waals surface area contributed by atoms with Gasteiger partial charge in [-0.2, -0.15) is 11.8 Å². The lowest BCUT2D eigenvalue weighted by atomic mass is 9.95. The molecule has 2 rings (SSSR count). The molecule has 0 saturated carbocycles. The van der Waals surface area contributed by atoms with E-state index in [1.807, 2.05) is 49.0 Å². The van der Waals surface area contributed by atoms with Crippen LogP contribution in [-0.2, 0) is 4.79 Å². The van der Waals surface area contributed by atoms with Gasteiger partial charge in [-0.25, -0.2) is 0 Å². The number of rotatable bonds is 6. The largest absolute Gasteiger partial charge is 0.355 e. The summed E-state index contributed by atoms with van der Waals surface area (Å²) in [5, 5.41) is 3.01. The van der Waals surface area contributed by atoms with E-state index >= 15 is 0 Å². The SMILES string of the molecule is CC(C(=O)NCCN1CCSCC1)C(N)c1ccccc1.Cl.Cl. The van der Waals surface area contributed by atoms with Crippen LogP contribution >= 0.6 is 36.6 Å². The van der Waals surface area contributed by atoms with Crippen molar-refractivity contribution in [3.63, 3.8) is 0 Å². The molecular formula is C16H27Cl2N3OS. The minimum atomic E-state index is -0.252. The fourth-order valence-corrected chi connectivity index (χ4v) is 3.43. The van der Waals surface area contributed by atoms with E-state index < -0.39 is 0 Å². The van der Waals surface area contributed by atoms with Crippen molar-refractivity contribution in [1.29, 1.82) is 0 Å². The Bertz CT molecular complexity index is 444. The minimum absolute atomic E-state index is 0. The second-order valence-electron chi connectivity index (χ2n) is 5.47. The Morgan fingerprint density at radius 2 is 1.87 bits per heavy atom. The van der Waals surface area contributed by atoms with Crippen LogP contribution in [0.15, 0.2) is 30.3 Å². The summed E-state index contributed by atoms with van der Waals surface area (Å²) in [5.41, 5.74) is 7.19. The molecule has 0 aromatic heterocycles. The minimum Gasteiger partial charge on any atom is -0.355 e. The van der Waals surface area contributed by atoms with Gasteiger partial charge in [0, 0.05) is 43.7 Å². The number of nitrogens with zero attached hydrogens (tertiary/aromatic N) is 1. The first-order valence-electron chi connectivity index (χ1n) is 7.57. The van der Waals surface area contributed by atoms with Gasteiger partial charge in [-0.05, 0) is 5.56 Å². The molecule has 2 atom stereocenters. The van der Waals surface area contributed by atoms with Crippen molar-refractivity contribution in [2.45, 2.75) is 13.0 Å². The quantitative estimate of drug-likeness (QED) is 0.796. The summed E-state index contributed by atoms with van der Waals surface area (Å²) in [7, 11) is 0. The lowest BCUT2D eigenvalue weighted by Crippen LogP contribution is -2.42. The van der Waals surface area contributed by atoms with Crippen LogP contribution in [-0.4, -0.2) is 48.5 Å². The predicted molar refractivity (Wildman–Crippen MR) is 104 cm³/mol. The van der Waals surface area contributed by atoms with Crippen molar-refractivity contribution in [2.75, 3.05) is 37.7 Å². The molecule has 1 aromatic carbocycles. The number of carbonyl (C=O) groups is 1. The lowest BCUT2D eigenvalue weighted by Gasteiger charge is -2.26. The molecule has 2 unspecified atom stereocenters. The third kappa shape index (κ3) is 7.31. The Labute approximate surface area is 155 Å². The van der Waals surface area contributed by atoms with Gasteiger partial charge in [0.2, 0.25) is 5.91 Å². The van der Waals surface area contributed by atoms with Crippen molar-refractivity contribution >= 4 is 42.5 Å². The summed E-state index contributed by atoms with van der Waals surface area (Å²) >= 11 is 2.00. The number of hydrogen-bond acceptors (Lipinski definition) is 4. The molecule has 1 aromatic rings. The second kappa shape index (κ2) is 12.0. The molecule has 1 amide bonds. The summed E-state index contributed by atoms with van der Waals surface area (Å²) in [5.74, 6) is 2.22. The van der Waals surface area contributed by atoms with Crippen molar-refractivity contribution in [1.82, 2.24) is 10.2 Å².